The highest BCUT2D eigenvalue weighted by molar-refractivity contribution is 5.38. The normalized spacial score (nSPS) is 17.0. The number of H-pyrrole nitrogens is 1. The summed E-state index contributed by atoms with van der Waals surface area (Å²) in [5.41, 5.74) is -0.0488. The molecule has 0 saturated carbocycles. The Hall–Kier alpha value is -1.36. The minimum absolute atomic E-state index is 0.0488. The maximum atomic E-state index is 11.8. The van der Waals surface area contributed by atoms with E-state index in [1.807, 2.05) is 13.8 Å². The summed E-state index contributed by atoms with van der Waals surface area (Å²) < 4.78 is 0. The van der Waals surface area contributed by atoms with Crippen molar-refractivity contribution >= 4 is 5.82 Å². The summed E-state index contributed by atoms with van der Waals surface area (Å²) in [6.45, 7) is 11.5. The van der Waals surface area contributed by atoms with Crippen LogP contribution in [0.1, 0.15) is 52.3 Å². The highest BCUT2D eigenvalue weighted by atomic mass is 16.1. The minimum atomic E-state index is -0.0488. The zero-order chi connectivity index (χ0) is 15.4. The lowest BCUT2D eigenvalue weighted by molar-refractivity contribution is 0.369. The molecule has 1 aliphatic rings. The zero-order valence-corrected chi connectivity index (χ0v) is 13.6. The molecule has 1 aliphatic heterocycles. The van der Waals surface area contributed by atoms with Gasteiger partial charge in [0.2, 0.25) is 0 Å². The van der Waals surface area contributed by atoms with E-state index >= 15 is 0 Å². The molecule has 5 heteroatoms. The number of piperidine rings is 1. The molecule has 0 atom stereocenters. The summed E-state index contributed by atoms with van der Waals surface area (Å²) >= 11 is 0. The Balaban J connectivity index is 1.97. The van der Waals surface area contributed by atoms with Gasteiger partial charge < -0.3 is 15.2 Å². The van der Waals surface area contributed by atoms with Gasteiger partial charge in [-0.25, -0.2) is 4.98 Å². The number of aromatic amines is 1. The molecular formula is C16H28N4O. The fraction of sp³-hybridized carbons (Fsp3) is 0.750. The third-order valence-corrected chi connectivity index (χ3v) is 4.05. The Morgan fingerprint density at radius 3 is 2.57 bits per heavy atom. The fourth-order valence-corrected chi connectivity index (χ4v) is 2.67. The highest BCUT2D eigenvalue weighted by Gasteiger charge is 2.21. The van der Waals surface area contributed by atoms with E-state index in [-0.39, 0.29) is 11.5 Å². The number of nitrogens with one attached hydrogen (secondary N) is 2. The molecule has 0 bridgehead atoms. The standard InChI is InChI=1S/C16H28N4O/c1-11(2)16-18-14(9-15(21)19-16)20-7-5-13(6-8-20)10-17-12(3)4/h9,11-13,17H,5-8,10H2,1-4H3,(H,18,19,21). The lowest BCUT2D eigenvalue weighted by Crippen LogP contribution is -2.39. The summed E-state index contributed by atoms with van der Waals surface area (Å²) in [4.78, 5) is 21.4. The number of aromatic nitrogens is 2. The smallest absolute Gasteiger partial charge is 0.252 e. The first-order valence-electron chi connectivity index (χ1n) is 8.05. The van der Waals surface area contributed by atoms with E-state index in [1.165, 1.54) is 0 Å². The molecule has 5 nitrogen and oxygen atoms in total. The van der Waals surface area contributed by atoms with Crippen molar-refractivity contribution < 1.29 is 0 Å². The van der Waals surface area contributed by atoms with E-state index in [2.05, 4.69) is 34.0 Å². The highest BCUT2D eigenvalue weighted by Crippen LogP contribution is 2.21. The maximum Gasteiger partial charge on any atom is 0.252 e. The predicted octanol–water partition coefficient (Wildman–Crippen LogP) is 2.11. The van der Waals surface area contributed by atoms with Crippen molar-refractivity contribution in [3.8, 4) is 0 Å². The largest absolute Gasteiger partial charge is 0.356 e. The van der Waals surface area contributed by atoms with Crippen LogP contribution >= 0.6 is 0 Å². The summed E-state index contributed by atoms with van der Waals surface area (Å²) in [7, 11) is 0. The number of hydrogen-bond acceptors (Lipinski definition) is 4. The van der Waals surface area contributed by atoms with E-state index in [0.29, 0.717) is 6.04 Å². The topological polar surface area (TPSA) is 61.0 Å². The Bertz CT molecular complexity index is 501. The quantitative estimate of drug-likeness (QED) is 0.872. The molecule has 2 N–H and O–H groups in total. The van der Waals surface area contributed by atoms with E-state index in [0.717, 1.165) is 50.0 Å². The number of hydrogen-bond donors (Lipinski definition) is 2. The van der Waals surface area contributed by atoms with Crippen LogP contribution in [0.15, 0.2) is 10.9 Å². The molecule has 2 heterocycles. The predicted molar refractivity (Wildman–Crippen MR) is 87.0 cm³/mol. The van der Waals surface area contributed by atoms with Gasteiger partial charge in [-0.3, -0.25) is 4.79 Å². The molecule has 1 saturated heterocycles. The van der Waals surface area contributed by atoms with Crippen molar-refractivity contribution in [3.05, 3.63) is 22.2 Å². The third-order valence-electron chi connectivity index (χ3n) is 4.05. The molecular weight excluding hydrogens is 264 g/mol. The first kappa shape index (κ1) is 16.0. The van der Waals surface area contributed by atoms with Crippen LogP contribution in [0.25, 0.3) is 0 Å². The van der Waals surface area contributed by atoms with Crippen LogP contribution in [-0.2, 0) is 0 Å². The van der Waals surface area contributed by atoms with Crippen molar-refractivity contribution in [3.63, 3.8) is 0 Å². The molecule has 118 valence electrons. The van der Waals surface area contributed by atoms with Crippen LogP contribution in [0.5, 0.6) is 0 Å². The van der Waals surface area contributed by atoms with Gasteiger partial charge in [-0.1, -0.05) is 27.7 Å². The Labute approximate surface area is 127 Å². The van der Waals surface area contributed by atoms with Gasteiger partial charge >= 0.3 is 0 Å². The van der Waals surface area contributed by atoms with E-state index in [4.69, 9.17) is 0 Å². The molecule has 0 aromatic carbocycles. The van der Waals surface area contributed by atoms with Gasteiger partial charge in [-0.2, -0.15) is 0 Å². The van der Waals surface area contributed by atoms with Gasteiger partial charge in [0.25, 0.3) is 5.56 Å². The van der Waals surface area contributed by atoms with Crippen molar-refractivity contribution in [2.24, 2.45) is 5.92 Å². The lowest BCUT2D eigenvalue weighted by atomic mass is 9.96. The molecule has 0 amide bonds. The molecule has 2 rings (SSSR count). The van der Waals surface area contributed by atoms with E-state index in [1.54, 1.807) is 6.07 Å². The third kappa shape index (κ3) is 4.56. The molecule has 1 fully saturated rings. The van der Waals surface area contributed by atoms with Gasteiger partial charge in [0.15, 0.2) is 0 Å². The Morgan fingerprint density at radius 2 is 2.00 bits per heavy atom. The molecule has 1 aromatic rings. The molecule has 0 aliphatic carbocycles. The average molecular weight is 292 g/mol. The van der Waals surface area contributed by atoms with Gasteiger partial charge in [-0.15, -0.1) is 0 Å². The SMILES string of the molecule is CC(C)NCC1CCN(c2cc(=O)[nH]c(C(C)C)n2)CC1. The first-order valence-corrected chi connectivity index (χ1v) is 8.05. The molecule has 0 unspecified atom stereocenters. The lowest BCUT2D eigenvalue weighted by Gasteiger charge is -2.33. The van der Waals surface area contributed by atoms with Gasteiger partial charge in [0, 0.05) is 31.1 Å². The molecule has 0 spiro atoms. The second-order valence-electron chi connectivity index (χ2n) is 6.64. The summed E-state index contributed by atoms with van der Waals surface area (Å²) in [6, 6.07) is 2.17. The number of anilines is 1. The van der Waals surface area contributed by atoms with Crippen LogP contribution in [0, 0.1) is 5.92 Å². The monoisotopic (exact) mass is 292 g/mol. The first-order chi connectivity index (χ1) is 9.95. The average Bonchev–Trinajstić information content (AvgIpc) is 2.45. The fourth-order valence-electron chi connectivity index (χ4n) is 2.67. The van der Waals surface area contributed by atoms with Crippen LogP contribution in [0.4, 0.5) is 5.82 Å². The van der Waals surface area contributed by atoms with E-state index in [9.17, 15) is 4.79 Å². The Kier molecular flexibility index (Phi) is 5.39. The van der Waals surface area contributed by atoms with Crippen molar-refractivity contribution in [1.82, 2.24) is 15.3 Å². The van der Waals surface area contributed by atoms with Crippen LogP contribution in [0.3, 0.4) is 0 Å². The molecule has 1 aromatic heterocycles. The van der Waals surface area contributed by atoms with Crippen LogP contribution in [-0.4, -0.2) is 35.6 Å². The number of nitrogens with zero attached hydrogens (tertiary/aromatic N) is 2. The summed E-state index contributed by atoms with van der Waals surface area (Å²) in [5.74, 6) is 2.58. The zero-order valence-electron chi connectivity index (χ0n) is 13.6. The van der Waals surface area contributed by atoms with Crippen molar-refractivity contribution in [2.45, 2.75) is 52.5 Å². The van der Waals surface area contributed by atoms with Gasteiger partial charge in [0.1, 0.15) is 11.6 Å². The summed E-state index contributed by atoms with van der Waals surface area (Å²) in [5, 5.41) is 3.51. The Morgan fingerprint density at radius 1 is 1.33 bits per heavy atom. The second-order valence-corrected chi connectivity index (χ2v) is 6.64. The van der Waals surface area contributed by atoms with Crippen molar-refractivity contribution in [1.29, 1.82) is 0 Å². The van der Waals surface area contributed by atoms with Crippen LogP contribution < -0.4 is 15.8 Å². The number of rotatable bonds is 5. The van der Waals surface area contributed by atoms with Gasteiger partial charge in [-0.05, 0) is 25.3 Å². The molecule has 21 heavy (non-hydrogen) atoms. The van der Waals surface area contributed by atoms with Crippen molar-refractivity contribution in [2.75, 3.05) is 24.5 Å². The minimum Gasteiger partial charge on any atom is -0.356 e. The van der Waals surface area contributed by atoms with Crippen LogP contribution in [0.2, 0.25) is 0 Å². The van der Waals surface area contributed by atoms with Gasteiger partial charge in [0.05, 0.1) is 0 Å². The maximum absolute atomic E-state index is 11.8. The second kappa shape index (κ2) is 7.07. The molecule has 0 radical (unpaired) electrons. The summed E-state index contributed by atoms with van der Waals surface area (Å²) in [6.07, 6.45) is 2.32. The van der Waals surface area contributed by atoms with E-state index < -0.39 is 0 Å².